The highest BCUT2D eigenvalue weighted by Crippen LogP contribution is 2.30. The molecule has 0 amide bonds. The zero-order valence-electron chi connectivity index (χ0n) is 11.0. The Kier molecular flexibility index (Phi) is 5.07. The minimum atomic E-state index is 0.562. The molecule has 2 heteroatoms. The second-order valence-corrected chi connectivity index (χ2v) is 5.67. The molecule has 90 valence electrons. The first kappa shape index (κ1) is 13.0. The fourth-order valence-electron chi connectivity index (χ4n) is 2.58. The molecule has 0 aromatic carbocycles. The zero-order chi connectivity index (χ0) is 11.3. The van der Waals surface area contributed by atoms with Crippen LogP contribution in [-0.2, 0) is 0 Å². The van der Waals surface area contributed by atoms with Crippen molar-refractivity contribution in [3.8, 4) is 0 Å². The van der Waals surface area contributed by atoms with Gasteiger partial charge in [0.1, 0.15) is 0 Å². The average molecular weight is 212 g/mol. The van der Waals surface area contributed by atoms with Gasteiger partial charge in [-0.15, -0.1) is 0 Å². The van der Waals surface area contributed by atoms with E-state index in [4.69, 9.17) is 0 Å². The minimum absolute atomic E-state index is 0.562. The molecule has 0 saturated carbocycles. The summed E-state index contributed by atoms with van der Waals surface area (Å²) in [5.41, 5.74) is 0.562. The van der Waals surface area contributed by atoms with Gasteiger partial charge in [-0.2, -0.15) is 0 Å². The Hall–Kier alpha value is -0.0800. The molecule has 0 aromatic rings. The van der Waals surface area contributed by atoms with Crippen LogP contribution in [0.4, 0.5) is 0 Å². The van der Waals surface area contributed by atoms with Gasteiger partial charge in [0, 0.05) is 12.6 Å². The third-order valence-corrected chi connectivity index (χ3v) is 3.80. The molecule has 1 rings (SSSR count). The normalized spacial score (nSPS) is 24.8. The molecule has 1 aliphatic heterocycles. The molecule has 1 atom stereocenters. The van der Waals surface area contributed by atoms with Gasteiger partial charge in [0.2, 0.25) is 0 Å². The van der Waals surface area contributed by atoms with Crippen molar-refractivity contribution in [2.75, 3.05) is 26.7 Å². The van der Waals surface area contributed by atoms with Gasteiger partial charge in [0.15, 0.2) is 0 Å². The molecule has 15 heavy (non-hydrogen) atoms. The Labute approximate surface area is 95.4 Å². The van der Waals surface area contributed by atoms with E-state index in [1.807, 2.05) is 0 Å². The summed E-state index contributed by atoms with van der Waals surface area (Å²) in [7, 11) is 2.06. The zero-order valence-corrected chi connectivity index (χ0v) is 11.0. The summed E-state index contributed by atoms with van der Waals surface area (Å²) in [6.45, 7) is 10.8. The van der Waals surface area contributed by atoms with E-state index >= 15 is 0 Å². The number of hydrogen-bond donors (Lipinski definition) is 1. The number of nitrogens with one attached hydrogen (secondary N) is 1. The summed E-state index contributed by atoms with van der Waals surface area (Å²) in [5.74, 6) is 0. The summed E-state index contributed by atoms with van der Waals surface area (Å²) in [4.78, 5) is 2.69. The predicted octanol–water partition coefficient (Wildman–Crippen LogP) is 2.50. The fourth-order valence-corrected chi connectivity index (χ4v) is 2.58. The first-order valence-electron chi connectivity index (χ1n) is 6.47. The molecule has 0 bridgehead atoms. The van der Waals surface area contributed by atoms with Crippen LogP contribution in [0.25, 0.3) is 0 Å². The number of hydrogen-bond acceptors (Lipinski definition) is 2. The van der Waals surface area contributed by atoms with Crippen LogP contribution >= 0.6 is 0 Å². The molecule has 1 N–H and O–H groups in total. The lowest BCUT2D eigenvalue weighted by Crippen LogP contribution is -2.41. The van der Waals surface area contributed by atoms with Crippen LogP contribution in [0.3, 0.4) is 0 Å². The molecular formula is C13H28N2. The maximum absolute atomic E-state index is 3.32. The van der Waals surface area contributed by atoms with Gasteiger partial charge >= 0.3 is 0 Å². The van der Waals surface area contributed by atoms with E-state index in [2.05, 4.69) is 38.0 Å². The quantitative estimate of drug-likeness (QED) is 0.770. The molecule has 1 saturated heterocycles. The van der Waals surface area contributed by atoms with E-state index in [0.717, 1.165) is 12.6 Å². The molecule has 0 spiro atoms. The lowest BCUT2D eigenvalue weighted by molar-refractivity contribution is 0.187. The first-order valence-corrected chi connectivity index (χ1v) is 6.47. The van der Waals surface area contributed by atoms with Gasteiger partial charge in [-0.1, -0.05) is 20.8 Å². The summed E-state index contributed by atoms with van der Waals surface area (Å²) in [6.07, 6.45) is 5.38. The van der Waals surface area contributed by atoms with E-state index in [1.54, 1.807) is 0 Å². The highest BCUT2D eigenvalue weighted by molar-refractivity contribution is 4.80. The predicted molar refractivity (Wildman–Crippen MR) is 67.2 cm³/mol. The third-order valence-electron chi connectivity index (χ3n) is 3.80. The molecule has 2 nitrogen and oxygen atoms in total. The summed E-state index contributed by atoms with van der Waals surface area (Å²) < 4.78 is 0. The third kappa shape index (κ3) is 4.12. The molecule has 1 unspecified atom stereocenters. The van der Waals surface area contributed by atoms with Gasteiger partial charge in [-0.25, -0.2) is 0 Å². The van der Waals surface area contributed by atoms with Gasteiger partial charge in [-0.05, 0) is 51.2 Å². The highest BCUT2D eigenvalue weighted by Gasteiger charge is 2.25. The van der Waals surface area contributed by atoms with Crippen LogP contribution in [0.2, 0.25) is 0 Å². The lowest BCUT2D eigenvalue weighted by atomic mass is 9.85. The van der Waals surface area contributed by atoms with Gasteiger partial charge < -0.3 is 5.32 Å². The summed E-state index contributed by atoms with van der Waals surface area (Å²) >= 11 is 0. The van der Waals surface area contributed by atoms with E-state index in [-0.39, 0.29) is 0 Å². The van der Waals surface area contributed by atoms with Crippen molar-refractivity contribution >= 4 is 0 Å². The SMILES string of the molecule is CCC(CNC)N1CCCC(C)(C)CC1. The number of likely N-dealkylation sites (tertiary alicyclic amines) is 1. The van der Waals surface area contributed by atoms with Crippen molar-refractivity contribution in [2.24, 2.45) is 5.41 Å². The van der Waals surface area contributed by atoms with E-state index in [9.17, 15) is 0 Å². The monoisotopic (exact) mass is 212 g/mol. The molecule has 0 radical (unpaired) electrons. The smallest absolute Gasteiger partial charge is 0.0217 e. The summed E-state index contributed by atoms with van der Waals surface area (Å²) in [5, 5.41) is 3.32. The van der Waals surface area contributed by atoms with Crippen LogP contribution < -0.4 is 5.32 Å². The molecule has 0 aliphatic carbocycles. The van der Waals surface area contributed by atoms with Crippen molar-refractivity contribution in [3.63, 3.8) is 0 Å². The molecule has 1 heterocycles. The van der Waals surface area contributed by atoms with E-state index in [0.29, 0.717) is 5.41 Å². The van der Waals surface area contributed by atoms with Crippen LogP contribution in [0.1, 0.15) is 46.5 Å². The van der Waals surface area contributed by atoms with E-state index in [1.165, 1.54) is 38.8 Å². The fraction of sp³-hybridized carbons (Fsp3) is 1.00. The van der Waals surface area contributed by atoms with Crippen molar-refractivity contribution in [1.29, 1.82) is 0 Å². The Balaban J connectivity index is 2.48. The largest absolute Gasteiger partial charge is 0.318 e. The Morgan fingerprint density at radius 3 is 2.60 bits per heavy atom. The van der Waals surface area contributed by atoms with Gasteiger partial charge in [-0.3, -0.25) is 4.90 Å². The number of nitrogens with zero attached hydrogens (tertiary/aromatic N) is 1. The standard InChI is InChI=1S/C13H28N2/c1-5-12(11-14-4)15-9-6-7-13(2,3)8-10-15/h12,14H,5-11H2,1-4H3. The minimum Gasteiger partial charge on any atom is -0.318 e. The van der Waals surface area contributed by atoms with Crippen LogP contribution in [0, 0.1) is 5.41 Å². The topological polar surface area (TPSA) is 15.3 Å². The van der Waals surface area contributed by atoms with Crippen LogP contribution in [-0.4, -0.2) is 37.6 Å². The maximum atomic E-state index is 3.32. The lowest BCUT2D eigenvalue weighted by Gasteiger charge is -2.30. The first-order chi connectivity index (χ1) is 7.09. The second-order valence-electron chi connectivity index (χ2n) is 5.67. The molecule has 1 aliphatic rings. The second kappa shape index (κ2) is 5.86. The van der Waals surface area contributed by atoms with Crippen molar-refractivity contribution in [2.45, 2.75) is 52.5 Å². The molecule has 1 fully saturated rings. The van der Waals surface area contributed by atoms with Crippen molar-refractivity contribution in [1.82, 2.24) is 10.2 Å². The maximum Gasteiger partial charge on any atom is 0.0217 e. The Morgan fingerprint density at radius 2 is 2.00 bits per heavy atom. The van der Waals surface area contributed by atoms with Gasteiger partial charge in [0.25, 0.3) is 0 Å². The highest BCUT2D eigenvalue weighted by atomic mass is 15.2. The van der Waals surface area contributed by atoms with Crippen molar-refractivity contribution < 1.29 is 0 Å². The van der Waals surface area contributed by atoms with Gasteiger partial charge in [0.05, 0.1) is 0 Å². The Bertz CT molecular complexity index is 177. The average Bonchev–Trinajstić information content (AvgIpc) is 2.36. The molecule has 0 aromatic heterocycles. The number of rotatable bonds is 4. The molecular weight excluding hydrogens is 184 g/mol. The summed E-state index contributed by atoms with van der Waals surface area (Å²) in [6, 6.07) is 0.740. The van der Waals surface area contributed by atoms with Crippen LogP contribution in [0.15, 0.2) is 0 Å². The Morgan fingerprint density at radius 1 is 1.27 bits per heavy atom. The van der Waals surface area contributed by atoms with E-state index < -0.39 is 0 Å². The number of likely N-dealkylation sites (N-methyl/N-ethyl adjacent to an activating group) is 1. The van der Waals surface area contributed by atoms with Crippen LogP contribution in [0.5, 0.6) is 0 Å². The van der Waals surface area contributed by atoms with Crippen molar-refractivity contribution in [3.05, 3.63) is 0 Å².